The summed E-state index contributed by atoms with van der Waals surface area (Å²) < 4.78 is 0. The highest BCUT2D eigenvalue weighted by Crippen LogP contribution is 2.26. The highest BCUT2D eigenvalue weighted by molar-refractivity contribution is 6.37. The zero-order chi connectivity index (χ0) is 24.1. The van der Waals surface area contributed by atoms with Gasteiger partial charge in [-0.1, -0.05) is 77.8 Å². The lowest BCUT2D eigenvalue weighted by molar-refractivity contribution is -0.117. The van der Waals surface area contributed by atoms with Gasteiger partial charge < -0.3 is 10.6 Å². The number of carbonyl (C=O) groups excluding carboxylic acids is 2. The van der Waals surface area contributed by atoms with Crippen LogP contribution in [0.2, 0.25) is 20.1 Å². The molecular weight excluding hydrogens is 502 g/mol. The van der Waals surface area contributed by atoms with Crippen LogP contribution in [-0.4, -0.2) is 24.9 Å². The number of hydrogen-bond donors (Lipinski definition) is 2. The lowest BCUT2D eigenvalue weighted by atomic mass is 10.1. The second kappa shape index (κ2) is 15.0. The Morgan fingerprint density at radius 3 is 1.30 bits per heavy atom. The minimum absolute atomic E-state index is 0.181. The predicted molar refractivity (Wildman–Crippen MR) is 140 cm³/mol. The van der Waals surface area contributed by atoms with E-state index in [1.165, 1.54) is 12.2 Å². The molecule has 0 atom stereocenters. The smallest absolute Gasteiger partial charge is 0.244 e. The molecule has 2 rings (SSSR count). The van der Waals surface area contributed by atoms with Gasteiger partial charge in [-0.3, -0.25) is 9.59 Å². The molecule has 0 aliphatic heterocycles. The van der Waals surface area contributed by atoms with Crippen LogP contribution in [0.25, 0.3) is 12.2 Å². The van der Waals surface area contributed by atoms with Crippen LogP contribution in [0.4, 0.5) is 0 Å². The van der Waals surface area contributed by atoms with Gasteiger partial charge in [0.1, 0.15) is 0 Å². The lowest BCUT2D eigenvalue weighted by Crippen LogP contribution is -2.22. The summed E-state index contributed by atoms with van der Waals surface area (Å²) in [7, 11) is 0. The molecule has 0 bridgehead atoms. The van der Waals surface area contributed by atoms with E-state index >= 15 is 0 Å². The van der Waals surface area contributed by atoms with Crippen LogP contribution in [0.3, 0.4) is 0 Å². The molecule has 0 spiro atoms. The summed E-state index contributed by atoms with van der Waals surface area (Å²) in [5.41, 5.74) is 1.26. The number of benzene rings is 2. The maximum atomic E-state index is 11.9. The van der Waals surface area contributed by atoms with Crippen molar-refractivity contribution in [3.63, 3.8) is 0 Å². The first kappa shape index (κ1) is 27.3. The number of hydrogen-bond acceptors (Lipinski definition) is 2. The number of amides is 2. The molecule has 176 valence electrons. The van der Waals surface area contributed by atoms with Crippen LogP contribution in [0, 0.1) is 0 Å². The Morgan fingerprint density at radius 2 is 0.939 bits per heavy atom. The quantitative estimate of drug-likeness (QED) is 0.226. The van der Waals surface area contributed by atoms with Crippen LogP contribution >= 0.6 is 46.4 Å². The van der Waals surface area contributed by atoms with E-state index < -0.39 is 0 Å². The van der Waals surface area contributed by atoms with Crippen molar-refractivity contribution in [1.82, 2.24) is 10.6 Å². The van der Waals surface area contributed by atoms with E-state index in [0.29, 0.717) is 44.3 Å². The molecule has 0 aliphatic carbocycles. The van der Waals surface area contributed by atoms with E-state index in [0.717, 1.165) is 32.1 Å². The van der Waals surface area contributed by atoms with Crippen molar-refractivity contribution in [2.45, 2.75) is 32.1 Å². The van der Waals surface area contributed by atoms with Gasteiger partial charge in [0.25, 0.3) is 0 Å². The Hall–Kier alpha value is -1.98. The second-order valence-corrected chi connectivity index (χ2v) is 8.92. The third-order valence-corrected chi connectivity index (χ3v) is 6.07. The Kier molecular flexibility index (Phi) is 12.4. The lowest BCUT2D eigenvalue weighted by Gasteiger charge is -2.05. The maximum Gasteiger partial charge on any atom is 0.244 e. The topological polar surface area (TPSA) is 58.2 Å². The van der Waals surface area contributed by atoms with Crippen molar-refractivity contribution >= 4 is 70.4 Å². The van der Waals surface area contributed by atoms with E-state index in [4.69, 9.17) is 46.4 Å². The highest BCUT2D eigenvalue weighted by Gasteiger charge is 2.04. The van der Waals surface area contributed by atoms with Gasteiger partial charge >= 0.3 is 0 Å². The van der Waals surface area contributed by atoms with Gasteiger partial charge in [-0.05, 0) is 49.3 Å². The van der Waals surface area contributed by atoms with Crippen molar-refractivity contribution in [2.24, 2.45) is 0 Å². The first-order valence-electron chi connectivity index (χ1n) is 10.7. The van der Waals surface area contributed by atoms with Gasteiger partial charge in [-0.2, -0.15) is 0 Å². The molecule has 4 nitrogen and oxygen atoms in total. The number of nitrogens with one attached hydrogen (secondary N) is 2. The monoisotopic (exact) mass is 526 g/mol. The first-order chi connectivity index (χ1) is 15.9. The van der Waals surface area contributed by atoms with E-state index in [1.54, 1.807) is 48.6 Å². The molecule has 0 aromatic heterocycles. The average Bonchev–Trinajstić information content (AvgIpc) is 2.77. The van der Waals surface area contributed by atoms with E-state index in [2.05, 4.69) is 10.6 Å². The Labute approximate surface area is 214 Å². The van der Waals surface area contributed by atoms with Gasteiger partial charge in [0, 0.05) is 56.5 Å². The molecule has 0 saturated carbocycles. The van der Waals surface area contributed by atoms with E-state index in [9.17, 15) is 9.59 Å². The highest BCUT2D eigenvalue weighted by atomic mass is 35.5. The summed E-state index contributed by atoms with van der Waals surface area (Å²) >= 11 is 24.3. The van der Waals surface area contributed by atoms with Gasteiger partial charge in [0.2, 0.25) is 11.8 Å². The van der Waals surface area contributed by atoms with Gasteiger partial charge in [0.15, 0.2) is 0 Å². The normalized spacial score (nSPS) is 11.3. The molecule has 0 radical (unpaired) electrons. The molecule has 0 heterocycles. The molecule has 0 unspecified atom stereocenters. The van der Waals surface area contributed by atoms with Crippen molar-refractivity contribution in [3.05, 3.63) is 79.8 Å². The molecule has 0 aliphatic rings. The first-order valence-corrected chi connectivity index (χ1v) is 12.2. The van der Waals surface area contributed by atoms with Gasteiger partial charge in [0.05, 0.1) is 0 Å². The molecule has 0 fully saturated rings. The summed E-state index contributed by atoms with van der Waals surface area (Å²) in [4.78, 5) is 23.8. The molecule has 2 amide bonds. The van der Waals surface area contributed by atoms with Crippen molar-refractivity contribution in [3.8, 4) is 0 Å². The van der Waals surface area contributed by atoms with Crippen LogP contribution < -0.4 is 10.6 Å². The van der Waals surface area contributed by atoms with E-state index in [1.807, 2.05) is 0 Å². The van der Waals surface area contributed by atoms with Crippen molar-refractivity contribution < 1.29 is 9.59 Å². The zero-order valence-corrected chi connectivity index (χ0v) is 21.1. The number of unbranched alkanes of at least 4 members (excludes halogenated alkanes) is 4. The summed E-state index contributed by atoms with van der Waals surface area (Å²) in [6.45, 7) is 1.21. The largest absolute Gasteiger partial charge is 0.353 e. The molecule has 0 saturated heterocycles. The minimum atomic E-state index is -0.181. The van der Waals surface area contributed by atoms with Crippen molar-refractivity contribution in [2.75, 3.05) is 13.1 Å². The Morgan fingerprint density at radius 1 is 0.606 bits per heavy atom. The molecule has 33 heavy (non-hydrogen) atoms. The second-order valence-electron chi connectivity index (χ2n) is 7.29. The third-order valence-electron chi connectivity index (χ3n) is 4.75. The number of rotatable bonds is 12. The Balaban J connectivity index is 1.52. The summed E-state index contributed by atoms with van der Waals surface area (Å²) in [5.74, 6) is -0.361. The van der Waals surface area contributed by atoms with E-state index in [-0.39, 0.29) is 11.8 Å². The molecule has 2 aromatic carbocycles. The van der Waals surface area contributed by atoms with Crippen LogP contribution in [0.5, 0.6) is 0 Å². The van der Waals surface area contributed by atoms with Crippen LogP contribution in [0.15, 0.2) is 48.6 Å². The SMILES string of the molecule is O=C(/C=C/c1c(Cl)cccc1Cl)NCCCCCCCNC(=O)/C=C/c1c(Cl)cccc1Cl. The summed E-state index contributed by atoms with van der Waals surface area (Å²) in [6, 6.07) is 10.4. The number of carbonyl (C=O) groups is 2. The van der Waals surface area contributed by atoms with Crippen molar-refractivity contribution in [1.29, 1.82) is 0 Å². The summed E-state index contributed by atoms with van der Waals surface area (Å²) in [5, 5.41) is 7.71. The average molecular weight is 528 g/mol. The third kappa shape index (κ3) is 10.2. The molecular formula is C25H26Cl4N2O2. The van der Waals surface area contributed by atoms with Crippen LogP contribution in [0.1, 0.15) is 43.2 Å². The van der Waals surface area contributed by atoms with Crippen LogP contribution in [-0.2, 0) is 9.59 Å². The maximum absolute atomic E-state index is 11.9. The zero-order valence-electron chi connectivity index (χ0n) is 18.1. The fourth-order valence-electron chi connectivity index (χ4n) is 2.98. The molecule has 2 aromatic rings. The van der Waals surface area contributed by atoms with Gasteiger partial charge in [-0.25, -0.2) is 0 Å². The molecule has 8 heteroatoms. The van der Waals surface area contributed by atoms with Gasteiger partial charge in [-0.15, -0.1) is 0 Å². The standard InChI is InChI=1S/C25H26Cl4N2O2/c26-20-8-6-9-21(27)18(20)12-14-24(32)30-16-4-2-1-3-5-17-31-25(33)15-13-19-22(28)10-7-11-23(19)29/h6-15H,1-5,16-17H2,(H,30,32)(H,31,33)/b14-12+,15-13+. The summed E-state index contributed by atoms with van der Waals surface area (Å²) in [6.07, 6.45) is 10.9. The fourth-order valence-corrected chi connectivity index (χ4v) is 4.03. The Bertz CT molecular complexity index is 886. The minimum Gasteiger partial charge on any atom is -0.353 e. The predicted octanol–water partition coefficient (Wildman–Crippen LogP) is 7.21. The number of halogens is 4. The molecule has 2 N–H and O–H groups in total. The fraction of sp³-hybridized carbons (Fsp3) is 0.280.